The number of rotatable bonds is 11. The number of ether oxygens (including phenoxy) is 3. The summed E-state index contributed by atoms with van der Waals surface area (Å²) < 4.78 is 17.2. The van der Waals surface area contributed by atoms with Crippen LogP contribution in [-0.4, -0.2) is 86.6 Å². The van der Waals surface area contributed by atoms with E-state index >= 15 is 0 Å². The van der Waals surface area contributed by atoms with Crippen LogP contribution in [0.1, 0.15) is 59.3 Å². The summed E-state index contributed by atoms with van der Waals surface area (Å²) in [7, 11) is 0. The van der Waals surface area contributed by atoms with Crippen molar-refractivity contribution in [2.24, 2.45) is 0 Å². The van der Waals surface area contributed by atoms with E-state index in [1.54, 1.807) is 0 Å². The molecule has 0 radical (unpaired) electrons. The quantitative estimate of drug-likeness (QED) is 0.513. The Morgan fingerprint density at radius 2 is 1.59 bits per heavy atom. The minimum Gasteiger partial charge on any atom is -0.379 e. The Morgan fingerprint density at radius 1 is 0.963 bits per heavy atom. The molecule has 158 valence electrons. The minimum absolute atomic E-state index is 0.200. The van der Waals surface area contributed by atoms with Crippen molar-refractivity contribution in [2.75, 3.05) is 52.5 Å². The zero-order valence-corrected chi connectivity index (χ0v) is 17.7. The Kier molecular flexibility index (Phi) is 10.6. The van der Waals surface area contributed by atoms with Crippen LogP contribution < -0.4 is 0 Å². The van der Waals surface area contributed by atoms with Gasteiger partial charge < -0.3 is 24.0 Å². The zero-order chi connectivity index (χ0) is 19.5. The maximum absolute atomic E-state index is 12.3. The standard InChI is InChI=1S/C21H40N2O4/c1-4-10-22-11-5-19(6-12-22)27-20-7-13-23(14-8-20)21(24)9-15-25-16-17-26-18(2)3/h18-20H,4-17H2,1-3H3. The lowest BCUT2D eigenvalue weighted by Crippen LogP contribution is -2.44. The molecule has 2 aliphatic heterocycles. The highest BCUT2D eigenvalue weighted by Gasteiger charge is 2.27. The molecule has 0 bridgehead atoms. The molecule has 0 unspecified atom stereocenters. The summed E-state index contributed by atoms with van der Waals surface area (Å²) in [6, 6.07) is 0. The molecule has 0 aromatic carbocycles. The van der Waals surface area contributed by atoms with Crippen LogP contribution in [0.4, 0.5) is 0 Å². The molecule has 0 aromatic heterocycles. The van der Waals surface area contributed by atoms with Crippen molar-refractivity contribution in [1.29, 1.82) is 0 Å². The zero-order valence-electron chi connectivity index (χ0n) is 17.7. The third-order valence-corrected chi connectivity index (χ3v) is 5.39. The lowest BCUT2D eigenvalue weighted by molar-refractivity contribution is -0.136. The molecule has 0 N–H and O–H groups in total. The van der Waals surface area contributed by atoms with Gasteiger partial charge in [-0.3, -0.25) is 4.79 Å². The highest BCUT2D eigenvalue weighted by atomic mass is 16.5. The first-order valence-electron chi connectivity index (χ1n) is 10.9. The molecule has 1 amide bonds. The summed E-state index contributed by atoms with van der Waals surface area (Å²) in [6.45, 7) is 13.0. The van der Waals surface area contributed by atoms with Crippen LogP contribution in [0.25, 0.3) is 0 Å². The molecule has 2 rings (SSSR count). The van der Waals surface area contributed by atoms with Crippen molar-refractivity contribution in [3.63, 3.8) is 0 Å². The number of piperidine rings is 2. The number of likely N-dealkylation sites (tertiary alicyclic amines) is 2. The van der Waals surface area contributed by atoms with Gasteiger partial charge in [-0.2, -0.15) is 0 Å². The van der Waals surface area contributed by atoms with Gasteiger partial charge in [0, 0.05) is 26.2 Å². The number of nitrogens with zero attached hydrogens (tertiary/aromatic N) is 2. The fraction of sp³-hybridized carbons (Fsp3) is 0.952. The van der Waals surface area contributed by atoms with E-state index in [2.05, 4.69) is 11.8 Å². The van der Waals surface area contributed by atoms with Crippen LogP contribution in [0.3, 0.4) is 0 Å². The van der Waals surface area contributed by atoms with E-state index in [0.29, 0.717) is 38.4 Å². The lowest BCUT2D eigenvalue weighted by Gasteiger charge is -2.37. The van der Waals surface area contributed by atoms with Gasteiger partial charge in [0.05, 0.1) is 44.6 Å². The molecule has 27 heavy (non-hydrogen) atoms. The van der Waals surface area contributed by atoms with Gasteiger partial charge in [0.2, 0.25) is 5.91 Å². The molecule has 6 nitrogen and oxygen atoms in total. The molecule has 0 saturated carbocycles. The molecule has 2 saturated heterocycles. The first kappa shape index (κ1) is 22.6. The van der Waals surface area contributed by atoms with Gasteiger partial charge in [-0.1, -0.05) is 6.92 Å². The summed E-state index contributed by atoms with van der Waals surface area (Å²) in [4.78, 5) is 16.8. The van der Waals surface area contributed by atoms with Crippen LogP contribution in [0.2, 0.25) is 0 Å². The molecule has 0 aliphatic carbocycles. The number of carbonyl (C=O) groups is 1. The third kappa shape index (κ3) is 8.90. The molecule has 2 heterocycles. The predicted molar refractivity (Wildman–Crippen MR) is 107 cm³/mol. The number of amides is 1. The molecule has 0 spiro atoms. The van der Waals surface area contributed by atoms with E-state index in [-0.39, 0.29) is 12.0 Å². The van der Waals surface area contributed by atoms with E-state index < -0.39 is 0 Å². The highest BCUT2D eigenvalue weighted by Crippen LogP contribution is 2.21. The van der Waals surface area contributed by atoms with Crippen LogP contribution in [0.5, 0.6) is 0 Å². The summed E-state index contributed by atoms with van der Waals surface area (Å²) in [6.07, 6.45) is 6.87. The van der Waals surface area contributed by atoms with Gasteiger partial charge in [-0.25, -0.2) is 0 Å². The molecule has 2 fully saturated rings. The van der Waals surface area contributed by atoms with Crippen LogP contribution in [0, 0.1) is 0 Å². The van der Waals surface area contributed by atoms with Crippen LogP contribution in [0.15, 0.2) is 0 Å². The summed E-state index contributed by atoms with van der Waals surface area (Å²) in [5.74, 6) is 0.200. The van der Waals surface area contributed by atoms with Crippen molar-refractivity contribution in [1.82, 2.24) is 9.80 Å². The van der Waals surface area contributed by atoms with Crippen molar-refractivity contribution >= 4 is 5.91 Å². The normalized spacial score (nSPS) is 20.5. The van der Waals surface area contributed by atoms with Crippen LogP contribution in [-0.2, 0) is 19.0 Å². The van der Waals surface area contributed by atoms with E-state index in [1.807, 2.05) is 18.7 Å². The molecule has 0 aromatic rings. The Labute approximate surface area is 165 Å². The monoisotopic (exact) mass is 384 g/mol. The van der Waals surface area contributed by atoms with E-state index in [0.717, 1.165) is 51.9 Å². The Hall–Kier alpha value is -0.690. The Bertz CT molecular complexity index is 403. The van der Waals surface area contributed by atoms with Gasteiger partial charge in [0.15, 0.2) is 0 Å². The Balaban J connectivity index is 1.52. The van der Waals surface area contributed by atoms with Gasteiger partial charge in [-0.05, 0) is 52.5 Å². The first-order valence-corrected chi connectivity index (χ1v) is 10.9. The summed E-state index contributed by atoms with van der Waals surface area (Å²) in [5, 5.41) is 0. The number of carbonyl (C=O) groups excluding carboxylic acids is 1. The molecule has 0 atom stereocenters. The number of hydrogen-bond acceptors (Lipinski definition) is 5. The minimum atomic E-state index is 0.200. The second-order valence-electron chi connectivity index (χ2n) is 8.04. The highest BCUT2D eigenvalue weighted by molar-refractivity contribution is 5.76. The topological polar surface area (TPSA) is 51.2 Å². The summed E-state index contributed by atoms with van der Waals surface area (Å²) in [5.41, 5.74) is 0. The SMILES string of the molecule is CCCN1CCC(OC2CCN(C(=O)CCOCCOC(C)C)CC2)CC1. The van der Waals surface area contributed by atoms with Crippen LogP contribution >= 0.6 is 0 Å². The van der Waals surface area contributed by atoms with E-state index in [9.17, 15) is 4.79 Å². The molecule has 6 heteroatoms. The second kappa shape index (κ2) is 12.7. The molecular weight excluding hydrogens is 344 g/mol. The smallest absolute Gasteiger partial charge is 0.224 e. The lowest BCUT2D eigenvalue weighted by atomic mass is 10.0. The van der Waals surface area contributed by atoms with E-state index in [4.69, 9.17) is 14.2 Å². The van der Waals surface area contributed by atoms with Crippen molar-refractivity contribution in [2.45, 2.75) is 77.6 Å². The van der Waals surface area contributed by atoms with E-state index in [1.165, 1.54) is 13.0 Å². The largest absolute Gasteiger partial charge is 0.379 e. The Morgan fingerprint density at radius 3 is 2.19 bits per heavy atom. The molecule has 2 aliphatic rings. The van der Waals surface area contributed by atoms with Gasteiger partial charge in [-0.15, -0.1) is 0 Å². The van der Waals surface area contributed by atoms with Gasteiger partial charge in [0.1, 0.15) is 0 Å². The third-order valence-electron chi connectivity index (χ3n) is 5.39. The summed E-state index contributed by atoms with van der Waals surface area (Å²) >= 11 is 0. The predicted octanol–water partition coefficient (Wildman–Crippen LogP) is 2.70. The second-order valence-corrected chi connectivity index (χ2v) is 8.04. The van der Waals surface area contributed by atoms with Gasteiger partial charge >= 0.3 is 0 Å². The van der Waals surface area contributed by atoms with Gasteiger partial charge in [0.25, 0.3) is 0 Å². The maximum Gasteiger partial charge on any atom is 0.224 e. The average Bonchev–Trinajstić information content (AvgIpc) is 2.66. The molecular formula is C21H40N2O4. The average molecular weight is 385 g/mol. The fourth-order valence-corrected chi connectivity index (χ4v) is 3.86. The van der Waals surface area contributed by atoms with Crippen molar-refractivity contribution in [3.8, 4) is 0 Å². The van der Waals surface area contributed by atoms with Crippen molar-refractivity contribution < 1.29 is 19.0 Å². The fourth-order valence-electron chi connectivity index (χ4n) is 3.86. The first-order chi connectivity index (χ1) is 13.1. The maximum atomic E-state index is 12.3. The number of hydrogen-bond donors (Lipinski definition) is 0. The van der Waals surface area contributed by atoms with Crippen molar-refractivity contribution in [3.05, 3.63) is 0 Å².